The second-order valence-corrected chi connectivity index (χ2v) is 5.01. The minimum absolute atomic E-state index is 0.530. The SMILES string of the molecule is CCCC(CNCc1cc(Cl)cc(CN)c1)NC. The molecule has 0 heterocycles. The van der Waals surface area contributed by atoms with Crippen LogP contribution in [0.25, 0.3) is 0 Å². The lowest BCUT2D eigenvalue weighted by atomic mass is 10.1. The molecule has 0 aliphatic carbocycles. The summed E-state index contributed by atoms with van der Waals surface area (Å²) in [7, 11) is 2.01. The first kappa shape index (κ1) is 15.4. The van der Waals surface area contributed by atoms with E-state index in [0.29, 0.717) is 12.6 Å². The normalized spacial score (nSPS) is 12.7. The van der Waals surface area contributed by atoms with Gasteiger partial charge in [0.2, 0.25) is 0 Å². The van der Waals surface area contributed by atoms with Crippen LogP contribution in [0.4, 0.5) is 0 Å². The Balaban J connectivity index is 2.45. The largest absolute Gasteiger partial charge is 0.326 e. The first-order chi connectivity index (χ1) is 8.69. The molecule has 4 heteroatoms. The van der Waals surface area contributed by atoms with E-state index in [1.807, 2.05) is 19.2 Å². The highest BCUT2D eigenvalue weighted by Crippen LogP contribution is 2.14. The number of likely N-dealkylation sites (N-methyl/N-ethyl adjacent to an activating group) is 1. The average Bonchev–Trinajstić information content (AvgIpc) is 2.37. The molecule has 102 valence electrons. The maximum atomic E-state index is 6.05. The van der Waals surface area contributed by atoms with Gasteiger partial charge in [0.1, 0.15) is 0 Å². The molecule has 0 spiro atoms. The van der Waals surface area contributed by atoms with Crippen molar-refractivity contribution in [3.8, 4) is 0 Å². The van der Waals surface area contributed by atoms with Gasteiger partial charge in [0.25, 0.3) is 0 Å². The summed E-state index contributed by atoms with van der Waals surface area (Å²) in [6.45, 7) is 4.53. The maximum Gasteiger partial charge on any atom is 0.0412 e. The van der Waals surface area contributed by atoms with Gasteiger partial charge in [-0.25, -0.2) is 0 Å². The van der Waals surface area contributed by atoms with Crippen LogP contribution in [0.1, 0.15) is 30.9 Å². The van der Waals surface area contributed by atoms with Crippen molar-refractivity contribution in [1.82, 2.24) is 10.6 Å². The molecule has 0 aliphatic rings. The molecule has 1 aromatic rings. The zero-order valence-electron chi connectivity index (χ0n) is 11.3. The van der Waals surface area contributed by atoms with Crippen LogP contribution in [0.5, 0.6) is 0 Å². The highest BCUT2D eigenvalue weighted by atomic mass is 35.5. The fourth-order valence-corrected chi connectivity index (χ4v) is 2.31. The van der Waals surface area contributed by atoms with E-state index in [2.05, 4.69) is 23.6 Å². The third kappa shape index (κ3) is 5.36. The monoisotopic (exact) mass is 269 g/mol. The Labute approximate surface area is 115 Å². The zero-order chi connectivity index (χ0) is 13.4. The number of nitrogens with two attached hydrogens (primary N) is 1. The molecule has 1 atom stereocenters. The number of rotatable bonds is 8. The Bertz CT molecular complexity index is 355. The molecule has 1 rings (SSSR count). The third-order valence-electron chi connectivity index (χ3n) is 3.02. The van der Waals surface area contributed by atoms with Gasteiger partial charge in [0, 0.05) is 30.7 Å². The van der Waals surface area contributed by atoms with Crippen LogP contribution in [-0.4, -0.2) is 19.6 Å². The molecular weight excluding hydrogens is 246 g/mol. The van der Waals surface area contributed by atoms with Crippen molar-refractivity contribution in [3.05, 3.63) is 34.3 Å². The standard InChI is InChI=1S/C14H24ClN3/c1-3-4-14(17-2)10-18-9-12-5-11(8-16)6-13(15)7-12/h5-7,14,17-18H,3-4,8-10,16H2,1-2H3. The maximum absolute atomic E-state index is 6.05. The Morgan fingerprint density at radius 2 is 2.00 bits per heavy atom. The molecule has 4 N–H and O–H groups in total. The van der Waals surface area contributed by atoms with E-state index in [-0.39, 0.29) is 0 Å². The summed E-state index contributed by atoms with van der Waals surface area (Å²) in [4.78, 5) is 0. The number of nitrogens with one attached hydrogen (secondary N) is 2. The van der Waals surface area contributed by atoms with Crippen molar-refractivity contribution in [2.45, 2.75) is 38.9 Å². The minimum Gasteiger partial charge on any atom is -0.326 e. The number of hydrogen-bond donors (Lipinski definition) is 3. The van der Waals surface area contributed by atoms with Gasteiger partial charge in [-0.2, -0.15) is 0 Å². The fourth-order valence-electron chi connectivity index (χ4n) is 2.02. The number of benzene rings is 1. The van der Waals surface area contributed by atoms with Gasteiger partial charge in [-0.15, -0.1) is 0 Å². The molecule has 0 aromatic heterocycles. The minimum atomic E-state index is 0.530. The van der Waals surface area contributed by atoms with E-state index in [1.54, 1.807) is 0 Å². The van der Waals surface area contributed by atoms with E-state index >= 15 is 0 Å². The molecule has 1 unspecified atom stereocenters. The molecule has 0 radical (unpaired) electrons. The van der Waals surface area contributed by atoms with Crippen molar-refractivity contribution in [2.75, 3.05) is 13.6 Å². The first-order valence-electron chi connectivity index (χ1n) is 6.56. The first-order valence-corrected chi connectivity index (χ1v) is 6.93. The summed E-state index contributed by atoms with van der Waals surface area (Å²) in [5.74, 6) is 0. The number of hydrogen-bond acceptors (Lipinski definition) is 3. The Morgan fingerprint density at radius 1 is 1.28 bits per heavy atom. The molecular formula is C14H24ClN3. The molecule has 0 amide bonds. The highest BCUT2D eigenvalue weighted by molar-refractivity contribution is 6.30. The lowest BCUT2D eigenvalue weighted by Gasteiger charge is -2.16. The summed E-state index contributed by atoms with van der Waals surface area (Å²) in [5.41, 5.74) is 7.91. The summed E-state index contributed by atoms with van der Waals surface area (Å²) in [5, 5.41) is 7.53. The lowest BCUT2D eigenvalue weighted by Crippen LogP contribution is -2.36. The van der Waals surface area contributed by atoms with Crippen molar-refractivity contribution in [2.24, 2.45) is 5.73 Å². The van der Waals surface area contributed by atoms with Gasteiger partial charge >= 0.3 is 0 Å². The second-order valence-electron chi connectivity index (χ2n) is 4.58. The quantitative estimate of drug-likeness (QED) is 0.679. The molecule has 18 heavy (non-hydrogen) atoms. The molecule has 0 fully saturated rings. The molecule has 0 aliphatic heterocycles. The fraction of sp³-hybridized carbons (Fsp3) is 0.571. The second kappa shape index (κ2) is 8.48. The van der Waals surface area contributed by atoms with E-state index in [0.717, 1.165) is 23.7 Å². The van der Waals surface area contributed by atoms with E-state index in [1.165, 1.54) is 18.4 Å². The number of halogens is 1. The van der Waals surface area contributed by atoms with E-state index in [4.69, 9.17) is 17.3 Å². The Morgan fingerprint density at radius 3 is 2.61 bits per heavy atom. The zero-order valence-corrected chi connectivity index (χ0v) is 12.1. The van der Waals surface area contributed by atoms with Gasteiger partial charge in [-0.3, -0.25) is 0 Å². The molecule has 0 saturated heterocycles. The summed E-state index contributed by atoms with van der Waals surface area (Å²) in [6, 6.07) is 6.54. The van der Waals surface area contributed by atoms with Crippen LogP contribution in [0.2, 0.25) is 5.02 Å². The lowest BCUT2D eigenvalue weighted by molar-refractivity contribution is 0.475. The Hall–Kier alpha value is -0.610. The van der Waals surface area contributed by atoms with Crippen LogP contribution < -0.4 is 16.4 Å². The van der Waals surface area contributed by atoms with Crippen LogP contribution in [0.3, 0.4) is 0 Å². The van der Waals surface area contributed by atoms with Crippen molar-refractivity contribution >= 4 is 11.6 Å². The van der Waals surface area contributed by atoms with Gasteiger partial charge in [-0.05, 0) is 36.7 Å². The molecule has 0 saturated carbocycles. The summed E-state index contributed by atoms with van der Waals surface area (Å²) >= 11 is 6.05. The third-order valence-corrected chi connectivity index (χ3v) is 3.24. The average molecular weight is 270 g/mol. The predicted molar refractivity (Wildman–Crippen MR) is 78.8 cm³/mol. The van der Waals surface area contributed by atoms with Crippen molar-refractivity contribution < 1.29 is 0 Å². The van der Waals surface area contributed by atoms with Crippen LogP contribution in [0.15, 0.2) is 18.2 Å². The van der Waals surface area contributed by atoms with Crippen LogP contribution >= 0.6 is 11.6 Å². The summed E-state index contributed by atoms with van der Waals surface area (Å²) in [6.07, 6.45) is 2.38. The van der Waals surface area contributed by atoms with Crippen LogP contribution in [0, 0.1) is 0 Å². The molecule has 3 nitrogen and oxygen atoms in total. The molecule has 0 bridgehead atoms. The van der Waals surface area contributed by atoms with Crippen molar-refractivity contribution in [3.63, 3.8) is 0 Å². The van der Waals surface area contributed by atoms with E-state index < -0.39 is 0 Å². The van der Waals surface area contributed by atoms with Crippen molar-refractivity contribution in [1.29, 1.82) is 0 Å². The van der Waals surface area contributed by atoms with Gasteiger partial charge < -0.3 is 16.4 Å². The Kier molecular flexibility index (Phi) is 7.28. The topological polar surface area (TPSA) is 50.1 Å². The highest BCUT2D eigenvalue weighted by Gasteiger charge is 2.04. The van der Waals surface area contributed by atoms with Gasteiger partial charge in [-0.1, -0.05) is 31.0 Å². The van der Waals surface area contributed by atoms with E-state index in [9.17, 15) is 0 Å². The smallest absolute Gasteiger partial charge is 0.0412 e. The molecule has 1 aromatic carbocycles. The van der Waals surface area contributed by atoms with Gasteiger partial charge in [0.15, 0.2) is 0 Å². The van der Waals surface area contributed by atoms with Gasteiger partial charge in [0.05, 0.1) is 0 Å². The summed E-state index contributed by atoms with van der Waals surface area (Å²) < 4.78 is 0. The predicted octanol–water partition coefficient (Wildman–Crippen LogP) is 2.28. The van der Waals surface area contributed by atoms with Crippen LogP contribution in [-0.2, 0) is 13.1 Å².